The number of carbonyl (C=O) groups is 1. The van der Waals surface area contributed by atoms with Crippen LogP contribution in [0.2, 0.25) is 0 Å². The van der Waals surface area contributed by atoms with Gasteiger partial charge in [0.05, 0.1) is 16.5 Å². The van der Waals surface area contributed by atoms with Gasteiger partial charge in [0.25, 0.3) is 10.0 Å². The molecule has 1 unspecified atom stereocenters. The van der Waals surface area contributed by atoms with Crippen molar-refractivity contribution in [3.8, 4) is 5.75 Å². The zero-order valence-electron chi connectivity index (χ0n) is 19.3. The summed E-state index contributed by atoms with van der Waals surface area (Å²) in [6, 6.07) is 13.4. The molecule has 1 amide bonds. The number of halogens is 1. The van der Waals surface area contributed by atoms with E-state index >= 15 is 0 Å². The molecule has 0 aliphatic rings. The summed E-state index contributed by atoms with van der Waals surface area (Å²) in [4.78, 5) is 20.6. The molecule has 0 spiro atoms. The molecule has 186 valence electrons. The Morgan fingerprint density at radius 2 is 1.80 bits per heavy atom. The fourth-order valence-electron chi connectivity index (χ4n) is 2.82. The van der Waals surface area contributed by atoms with E-state index in [0.29, 0.717) is 35.1 Å². The van der Waals surface area contributed by atoms with Gasteiger partial charge in [-0.25, -0.2) is 4.98 Å². The maximum Gasteiger partial charge on any atom is 0.288 e. The SMILES string of the molecule is COc1ccc(S(=O)(=O)N=S(C)c2ccc(Nc3ncc(Br)c(NCCNC(C)=O)n3)cc2)cc1. The van der Waals surface area contributed by atoms with Crippen LogP contribution in [0.3, 0.4) is 0 Å². The molecule has 0 aliphatic carbocycles. The van der Waals surface area contributed by atoms with Crippen LogP contribution in [0, 0.1) is 0 Å². The van der Waals surface area contributed by atoms with E-state index in [2.05, 4.69) is 45.6 Å². The lowest BCUT2D eigenvalue weighted by atomic mass is 10.3. The van der Waals surface area contributed by atoms with Crippen molar-refractivity contribution in [2.45, 2.75) is 16.7 Å². The lowest BCUT2D eigenvalue weighted by Crippen LogP contribution is -2.26. The molecule has 3 N–H and O–H groups in total. The van der Waals surface area contributed by atoms with Crippen molar-refractivity contribution < 1.29 is 17.9 Å². The molecule has 1 heterocycles. The predicted octanol–water partition coefficient (Wildman–Crippen LogP) is 3.72. The Kier molecular flexibility index (Phi) is 9.18. The number of carbonyl (C=O) groups excluding carboxylic acids is 1. The van der Waals surface area contributed by atoms with Crippen molar-refractivity contribution in [1.82, 2.24) is 15.3 Å². The second-order valence-electron chi connectivity index (χ2n) is 7.15. The quantitative estimate of drug-likeness (QED) is 0.309. The number of hydrogen-bond acceptors (Lipinski definition) is 8. The van der Waals surface area contributed by atoms with E-state index in [-0.39, 0.29) is 10.8 Å². The number of nitrogens with zero attached hydrogens (tertiary/aromatic N) is 3. The molecule has 0 aliphatic heterocycles. The monoisotopic (exact) mass is 580 g/mol. The van der Waals surface area contributed by atoms with Crippen LogP contribution in [-0.4, -0.2) is 50.7 Å². The van der Waals surface area contributed by atoms with Crippen molar-refractivity contribution in [2.24, 2.45) is 3.77 Å². The van der Waals surface area contributed by atoms with Gasteiger partial charge in [0.2, 0.25) is 11.9 Å². The smallest absolute Gasteiger partial charge is 0.288 e. The van der Waals surface area contributed by atoms with E-state index in [1.54, 1.807) is 24.6 Å². The van der Waals surface area contributed by atoms with Gasteiger partial charge in [-0.3, -0.25) is 4.79 Å². The zero-order valence-corrected chi connectivity index (χ0v) is 22.5. The summed E-state index contributed by atoms with van der Waals surface area (Å²) < 4.78 is 35.1. The number of benzene rings is 2. The van der Waals surface area contributed by atoms with E-state index < -0.39 is 20.7 Å². The Hall–Kier alpha value is -3.03. The number of rotatable bonds is 10. The number of anilines is 3. The molecule has 1 atom stereocenters. The summed E-state index contributed by atoms with van der Waals surface area (Å²) in [5, 5.41) is 8.96. The average molecular weight is 582 g/mol. The molecule has 1 aromatic heterocycles. The molecule has 10 nitrogen and oxygen atoms in total. The largest absolute Gasteiger partial charge is 0.497 e. The van der Waals surface area contributed by atoms with Crippen molar-refractivity contribution in [2.75, 3.05) is 37.1 Å². The Balaban J connectivity index is 1.68. The second-order valence-corrected chi connectivity index (χ2v) is 11.5. The number of ether oxygens (including phenoxy) is 1. The van der Waals surface area contributed by atoms with E-state index in [0.717, 1.165) is 10.6 Å². The van der Waals surface area contributed by atoms with Gasteiger partial charge in [-0.1, -0.05) is 10.7 Å². The number of amides is 1. The van der Waals surface area contributed by atoms with Gasteiger partial charge in [0, 0.05) is 36.8 Å². The average Bonchev–Trinajstić information content (AvgIpc) is 2.83. The molecule has 3 aromatic rings. The Morgan fingerprint density at radius 3 is 2.43 bits per heavy atom. The second kappa shape index (κ2) is 12.1. The lowest BCUT2D eigenvalue weighted by Gasteiger charge is -2.11. The van der Waals surface area contributed by atoms with Gasteiger partial charge in [0.15, 0.2) is 0 Å². The summed E-state index contributed by atoms with van der Waals surface area (Å²) in [6.07, 6.45) is 3.37. The fourth-order valence-corrected chi connectivity index (χ4v) is 6.02. The van der Waals surface area contributed by atoms with Gasteiger partial charge < -0.3 is 20.7 Å². The molecule has 0 fully saturated rings. The number of nitrogens with one attached hydrogen (secondary N) is 3. The first kappa shape index (κ1) is 26.6. The summed E-state index contributed by atoms with van der Waals surface area (Å²) in [7, 11) is -3.16. The van der Waals surface area contributed by atoms with Crippen molar-refractivity contribution >= 4 is 60.0 Å². The van der Waals surface area contributed by atoms with Crippen LogP contribution >= 0.6 is 15.9 Å². The highest BCUT2D eigenvalue weighted by Crippen LogP contribution is 2.23. The normalized spacial score (nSPS) is 12.1. The predicted molar refractivity (Wildman–Crippen MR) is 141 cm³/mol. The minimum atomic E-state index is -3.80. The van der Waals surface area contributed by atoms with Gasteiger partial charge in [-0.2, -0.15) is 13.4 Å². The van der Waals surface area contributed by atoms with Crippen LogP contribution in [0.15, 0.2) is 72.8 Å². The van der Waals surface area contributed by atoms with E-state index in [1.807, 2.05) is 24.3 Å². The minimum absolute atomic E-state index is 0.0968. The van der Waals surface area contributed by atoms with Gasteiger partial charge >= 0.3 is 0 Å². The standard InChI is InChI=1S/C22H25BrN6O4S2/c1-15(30)24-12-13-25-21-20(23)14-26-22(28-21)27-16-4-8-18(9-5-16)34(3)29-35(31,32)19-10-6-17(33-2)7-11-19/h4-11,14H,12-13H2,1-3H3,(H,24,30)(H2,25,26,27,28). The van der Waals surface area contributed by atoms with E-state index in [9.17, 15) is 13.2 Å². The van der Waals surface area contributed by atoms with Crippen LogP contribution in [0.1, 0.15) is 6.92 Å². The van der Waals surface area contributed by atoms with Crippen LogP contribution in [0.25, 0.3) is 0 Å². The molecule has 2 aromatic carbocycles. The van der Waals surface area contributed by atoms with Gasteiger partial charge in [-0.05, 0) is 70.7 Å². The van der Waals surface area contributed by atoms with Crippen molar-refractivity contribution in [1.29, 1.82) is 0 Å². The molecule has 0 saturated heterocycles. The highest BCUT2D eigenvalue weighted by atomic mass is 79.9. The van der Waals surface area contributed by atoms with Crippen LogP contribution in [0.5, 0.6) is 5.75 Å². The first-order valence-electron chi connectivity index (χ1n) is 10.3. The number of aromatic nitrogens is 2. The first-order valence-corrected chi connectivity index (χ1v) is 14.2. The minimum Gasteiger partial charge on any atom is -0.497 e. The fraction of sp³-hybridized carbons (Fsp3) is 0.227. The Labute approximate surface area is 215 Å². The molecule has 3 rings (SSSR count). The third kappa shape index (κ3) is 7.73. The van der Waals surface area contributed by atoms with Crippen molar-refractivity contribution in [3.63, 3.8) is 0 Å². The Bertz CT molecular complexity index is 1320. The number of sulfonamides is 1. The summed E-state index contributed by atoms with van der Waals surface area (Å²) in [5.74, 6) is 1.44. The Morgan fingerprint density at radius 1 is 1.11 bits per heavy atom. The van der Waals surface area contributed by atoms with Crippen LogP contribution in [-0.2, 0) is 25.5 Å². The topological polar surface area (TPSA) is 135 Å². The molecule has 0 saturated carbocycles. The molecular formula is C22H25BrN6O4S2. The number of hydrogen-bond donors (Lipinski definition) is 3. The summed E-state index contributed by atoms with van der Waals surface area (Å²) in [6.45, 7) is 2.43. The van der Waals surface area contributed by atoms with Crippen LogP contribution < -0.4 is 20.7 Å². The maximum absolute atomic E-state index is 12.7. The molecule has 0 bridgehead atoms. The number of methoxy groups -OCH3 is 1. The molecule has 35 heavy (non-hydrogen) atoms. The van der Waals surface area contributed by atoms with E-state index in [4.69, 9.17) is 4.74 Å². The van der Waals surface area contributed by atoms with Gasteiger partial charge in [-0.15, -0.1) is 3.77 Å². The third-order valence-corrected chi connectivity index (χ3v) is 8.64. The first-order chi connectivity index (χ1) is 16.7. The summed E-state index contributed by atoms with van der Waals surface area (Å²) in [5.41, 5.74) is 0.732. The molecule has 0 radical (unpaired) electrons. The van der Waals surface area contributed by atoms with Crippen molar-refractivity contribution in [3.05, 3.63) is 59.2 Å². The third-order valence-electron chi connectivity index (χ3n) is 4.55. The molecule has 13 heteroatoms. The highest BCUT2D eigenvalue weighted by Gasteiger charge is 2.14. The van der Waals surface area contributed by atoms with E-state index in [1.165, 1.54) is 26.2 Å². The summed E-state index contributed by atoms with van der Waals surface area (Å²) >= 11 is 3.40. The van der Waals surface area contributed by atoms with Gasteiger partial charge in [0.1, 0.15) is 11.6 Å². The molecular weight excluding hydrogens is 556 g/mol. The lowest BCUT2D eigenvalue weighted by molar-refractivity contribution is -0.118. The van der Waals surface area contributed by atoms with Crippen LogP contribution in [0.4, 0.5) is 17.5 Å². The highest BCUT2D eigenvalue weighted by molar-refractivity contribution is 9.10. The maximum atomic E-state index is 12.7. The zero-order chi connectivity index (χ0) is 25.4.